The van der Waals surface area contributed by atoms with Crippen molar-refractivity contribution in [1.82, 2.24) is 9.62 Å². The molecule has 0 aromatic carbocycles. The van der Waals surface area contributed by atoms with Crippen LogP contribution in [0.3, 0.4) is 0 Å². The van der Waals surface area contributed by atoms with Crippen molar-refractivity contribution in [2.45, 2.75) is 31.0 Å². The number of nitrogens with one attached hydrogen (secondary N) is 1. The van der Waals surface area contributed by atoms with E-state index in [4.69, 9.17) is 5.73 Å². The Labute approximate surface area is 113 Å². The zero-order chi connectivity index (χ0) is 13.8. The van der Waals surface area contributed by atoms with Gasteiger partial charge in [0, 0.05) is 23.7 Å². The molecule has 1 unspecified atom stereocenters. The molecule has 1 aromatic rings. The number of likely N-dealkylation sites (N-methyl/N-ethyl adjacent to an activating group) is 1. The lowest BCUT2D eigenvalue weighted by atomic mass is 10.3. The first-order valence-corrected chi connectivity index (χ1v) is 8.34. The van der Waals surface area contributed by atoms with Gasteiger partial charge in [-0.25, -0.2) is 13.1 Å². The highest BCUT2D eigenvalue weighted by atomic mass is 32.2. The summed E-state index contributed by atoms with van der Waals surface area (Å²) in [5.74, 6) is 0. The summed E-state index contributed by atoms with van der Waals surface area (Å²) in [6.45, 7) is 8.51. The summed E-state index contributed by atoms with van der Waals surface area (Å²) in [5.41, 5.74) is 6.02. The number of anilines is 1. The molecule has 0 bridgehead atoms. The first-order valence-electron chi connectivity index (χ1n) is 5.97. The molecule has 7 heteroatoms. The third-order valence-corrected chi connectivity index (χ3v) is 5.69. The standard InChI is InChI=1S/C11H21N3O2S2/c1-4-14(5-2)7-9(3)13-18(15,16)11-6-10(12)8-17-11/h6,8-9,13H,4-5,7,12H2,1-3H3. The molecule has 0 aliphatic heterocycles. The van der Waals surface area contributed by atoms with Gasteiger partial charge in [0.2, 0.25) is 10.0 Å². The quantitative estimate of drug-likeness (QED) is 0.795. The number of nitrogens with zero attached hydrogens (tertiary/aromatic N) is 1. The van der Waals surface area contributed by atoms with Crippen molar-refractivity contribution in [3.63, 3.8) is 0 Å². The van der Waals surface area contributed by atoms with Gasteiger partial charge < -0.3 is 10.6 Å². The lowest BCUT2D eigenvalue weighted by Crippen LogP contribution is -2.41. The number of rotatable bonds is 7. The van der Waals surface area contributed by atoms with Crippen molar-refractivity contribution in [1.29, 1.82) is 0 Å². The predicted octanol–water partition coefficient (Wildman–Crippen LogP) is 1.34. The van der Waals surface area contributed by atoms with Gasteiger partial charge in [0.05, 0.1) is 0 Å². The van der Waals surface area contributed by atoms with E-state index in [-0.39, 0.29) is 10.3 Å². The average molecular weight is 291 g/mol. The molecule has 0 aliphatic rings. The second kappa shape index (κ2) is 6.51. The summed E-state index contributed by atoms with van der Waals surface area (Å²) in [4.78, 5) is 2.18. The van der Waals surface area contributed by atoms with Crippen LogP contribution in [0.25, 0.3) is 0 Å². The van der Waals surface area contributed by atoms with Crippen molar-refractivity contribution >= 4 is 27.0 Å². The van der Waals surface area contributed by atoms with Crippen LogP contribution < -0.4 is 10.5 Å². The van der Waals surface area contributed by atoms with Gasteiger partial charge in [-0.2, -0.15) is 0 Å². The number of nitrogen functional groups attached to an aromatic ring is 1. The maximum absolute atomic E-state index is 12.0. The van der Waals surface area contributed by atoms with Gasteiger partial charge in [-0.05, 0) is 26.1 Å². The molecule has 0 amide bonds. The van der Waals surface area contributed by atoms with E-state index in [1.807, 2.05) is 6.92 Å². The first-order chi connectivity index (χ1) is 8.39. The smallest absolute Gasteiger partial charge is 0.250 e. The van der Waals surface area contributed by atoms with Crippen molar-refractivity contribution in [2.75, 3.05) is 25.4 Å². The van der Waals surface area contributed by atoms with E-state index < -0.39 is 10.0 Å². The van der Waals surface area contributed by atoms with Gasteiger partial charge in [0.15, 0.2) is 0 Å². The van der Waals surface area contributed by atoms with Crippen LogP contribution in [-0.4, -0.2) is 39.0 Å². The minimum atomic E-state index is -3.44. The molecule has 0 radical (unpaired) electrons. The molecular formula is C11H21N3O2S2. The van der Waals surface area contributed by atoms with E-state index in [9.17, 15) is 8.42 Å². The van der Waals surface area contributed by atoms with Crippen molar-refractivity contribution in [3.8, 4) is 0 Å². The van der Waals surface area contributed by atoms with E-state index in [0.717, 1.165) is 24.4 Å². The highest BCUT2D eigenvalue weighted by Gasteiger charge is 2.20. The average Bonchev–Trinajstić information content (AvgIpc) is 2.73. The number of hydrogen-bond donors (Lipinski definition) is 2. The van der Waals surface area contributed by atoms with Crippen LogP contribution in [-0.2, 0) is 10.0 Å². The molecule has 3 N–H and O–H groups in total. The van der Waals surface area contributed by atoms with E-state index in [1.54, 1.807) is 5.38 Å². The molecule has 0 saturated heterocycles. The fourth-order valence-electron chi connectivity index (χ4n) is 1.70. The van der Waals surface area contributed by atoms with Crippen LogP contribution in [0.4, 0.5) is 5.69 Å². The minimum absolute atomic E-state index is 0.127. The first kappa shape index (κ1) is 15.4. The minimum Gasteiger partial charge on any atom is -0.398 e. The summed E-state index contributed by atoms with van der Waals surface area (Å²) < 4.78 is 27.0. The molecule has 104 valence electrons. The lowest BCUT2D eigenvalue weighted by Gasteiger charge is -2.23. The molecule has 0 saturated carbocycles. The second-order valence-corrected chi connectivity index (χ2v) is 7.06. The molecule has 0 fully saturated rings. The number of hydrogen-bond acceptors (Lipinski definition) is 5. The van der Waals surface area contributed by atoms with Gasteiger partial charge in [0.1, 0.15) is 4.21 Å². The lowest BCUT2D eigenvalue weighted by molar-refractivity contribution is 0.282. The zero-order valence-electron chi connectivity index (χ0n) is 11.0. The fraction of sp³-hybridized carbons (Fsp3) is 0.636. The maximum Gasteiger partial charge on any atom is 0.250 e. The highest BCUT2D eigenvalue weighted by molar-refractivity contribution is 7.91. The normalized spacial score (nSPS) is 14.0. The van der Waals surface area contributed by atoms with Crippen LogP contribution in [0.1, 0.15) is 20.8 Å². The van der Waals surface area contributed by atoms with Crippen LogP contribution >= 0.6 is 11.3 Å². The van der Waals surface area contributed by atoms with Crippen LogP contribution in [0.15, 0.2) is 15.7 Å². The number of nitrogens with two attached hydrogens (primary N) is 1. The largest absolute Gasteiger partial charge is 0.398 e. The Balaban J connectivity index is 2.66. The summed E-state index contributed by atoms with van der Waals surface area (Å²) in [5, 5.41) is 1.63. The predicted molar refractivity (Wildman–Crippen MR) is 76.3 cm³/mol. The molecular weight excluding hydrogens is 270 g/mol. The Kier molecular flexibility index (Phi) is 5.58. The van der Waals surface area contributed by atoms with E-state index in [1.165, 1.54) is 6.07 Å². The van der Waals surface area contributed by atoms with Crippen molar-refractivity contribution in [2.24, 2.45) is 0 Å². The Morgan fingerprint density at radius 3 is 2.50 bits per heavy atom. The summed E-state index contributed by atoms with van der Waals surface area (Å²) in [6, 6.07) is 1.36. The molecule has 0 spiro atoms. The Hall–Kier alpha value is -0.630. The summed E-state index contributed by atoms with van der Waals surface area (Å²) >= 11 is 1.14. The van der Waals surface area contributed by atoms with E-state index in [2.05, 4.69) is 23.5 Å². The Morgan fingerprint density at radius 2 is 2.06 bits per heavy atom. The fourth-order valence-corrected chi connectivity index (χ4v) is 4.03. The molecule has 5 nitrogen and oxygen atoms in total. The van der Waals surface area contributed by atoms with Gasteiger partial charge in [0.25, 0.3) is 0 Å². The molecule has 1 atom stereocenters. The second-order valence-electron chi connectivity index (χ2n) is 4.21. The van der Waals surface area contributed by atoms with Gasteiger partial charge in [-0.1, -0.05) is 13.8 Å². The molecule has 1 aromatic heterocycles. The third kappa shape index (κ3) is 4.24. The van der Waals surface area contributed by atoms with Gasteiger partial charge >= 0.3 is 0 Å². The maximum atomic E-state index is 12.0. The van der Waals surface area contributed by atoms with Gasteiger partial charge in [-0.3, -0.25) is 0 Å². The SMILES string of the molecule is CCN(CC)CC(C)NS(=O)(=O)c1cc(N)cs1. The number of sulfonamides is 1. The topological polar surface area (TPSA) is 75.4 Å². The monoisotopic (exact) mass is 291 g/mol. The van der Waals surface area contributed by atoms with Crippen LogP contribution in [0, 0.1) is 0 Å². The summed E-state index contributed by atoms with van der Waals surface area (Å²) in [6.07, 6.45) is 0. The van der Waals surface area contributed by atoms with E-state index in [0.29, 0.717) is 12.2 Å². The zero-order valence-corrected chi connectivity index (χ0v) is 12.6. The van der Waals surface area contributed by atoms with Crippen LogP contribution in [0.5, 0.6) is 0 Å². The summed E-state index contributed by atoms with van der Waals surface area (Å²) in [7, 11) is -3.44. The third-order valence-electron chi connectivity index (χ3n) is 2.64. The Bertz CT molecular complexity index is 466. The van der Waals surface area contributed by atoms with E-state index >= 15 is 0 Å². The molecule has 1 heterocycles. The highest BCUT2D eigenvalue weighted by Crippen LogP contribution is 2.21. The molecule has 1 rings (SSSR count). The van der Waals surface area contributed by atoms with Crippen LogP contribution in [0.2, 0.25) is 0 Å². The number of thiophene rings is 1. The van der Waals surface area contributed by atoms with Gasteiger partial charge in [-0.15, -0.1) is 11.3 Å². The van der Waals surface area contributed by atoms with Crippen molar-refractivity contribution in [3.05, 3.63) is 11.4 Å². The molecule has 18 heavy (non-hydrogen) atoms. The van der Waals surface area contributed by atoms with Crippen molar-refractivity contribution < 1.29 is 8.42 Å². The Morgan fingerprint density at radius 1 is 1.44 bits per heavy atom. The molecule has 0 aliphatic carbocycles.